The topological polar surface area (TPSA) is 198 Å². The molecule has 0 saturated carbocycles. The van der Waals surface area contributed by atoms with Crippen LogP contribution in [0.3, 0.4) is 0 Å². The Bertz CT molecular complexity index is 2210. The summed E-state index contributed by atoms with van der Waals surface area (Å²) in [5.41, 5.74) is 14.3. The molecule has 2 aliphatic heterocycles. The van der Waals surface area contributed by atoms with Crippen LogP contribution in [0.2, 0.25) is 0 Å². The number of rotatable bonds is 21. The summed E-state index contributed by atoms with van der Waals surface area (Å²) < 4.78 is 78.4. The quantitative estimate of drug-likeness (QED) is 0.0464. The minimum atomic E-state index is -3.68. The van der Waals surface area contributed by atoms with Gasteiger partial charge in [-0.05, 0) is 109 Å². The van der Waals surface area contributed by atoms with Crippen LogP contribution < -0.4 is 20.9 Å². The number of nitrogens with two attached hydrogens (primary N) is 2. The first-order chi connectivity index (χ1) is 30.6. The Hall–Kier alpha value is -4.18. The Morgan fingerprint density at radius 1 is 0.547 bits per heavy atom. The van der Waals surface area contributed by atoms with Gasteiger partial charge >= 0.3 is 0 Å². The average Bonchev–Trinajstić information content (AvgIpc) is 3.39. The lowest BCUT2D eigenvalue weighted by atomic mass is 9.69. The van der Waals surface area contributed by atoms with E-state index in [2.05, 4.69) is 13.8 Å². The molecule has 350 valence electrons. The highest BCUT2D eigenvalue weighted by Crippen LogP contribution is 2.51. The summed E-state index contributed by atoms with van der Waals surface area (Å²) in [6.45, 7) is 10.1. The minimum Gasteiger partial charge on any atom is -0.491 e. The molecule has 6 atom stereocenters. The van der Waals surface area contributed by atoms with Gasteiger partial charge in [-0.1, -0.05) is 77.6 Å². The van der Waals surface area contributed by atoms with Crippen LogP contribution in [-0.2, 0) is 29.1 Å². The standard InChI is InChI=1S/C50H68N2O10S2/c1-5-9-23-49(7-3)33-63(55,56)43-21-15-37(51)31-41(43)45(47(49)53)35-11-17-39(18-12-35)61-29-27-59-25-26-60-28-30-62-40-19-13-36(14-20-40)46-42-32-38(52)16-22-44(42)64(57,58)34-50(8-4,48(46)54)24-10-6-2/h11-22,31-32,45-48,53-54H,5-10,23-30,33-34,51-52H2,1-4H3/t45-,46+,47+,48-,49-,50+. The van der Waals surface area contributed by atoms with E-state index in [9.17, 15) is 27.0 Å². The molecule has 2 heterocycles. The number of ether oxygens (including phenoxy) is 4. The number of aliphatic hydroxyl groups excluding tert-OH is 2. The van der Waals surface area contributed by atoms with Crippen molar-refractivity contribution in [2.75, 3.05) is 62.6 Å². The Labute approximate surface area is 380 Å². The number of hydrogen-bond donors (Lipinski definition) is 4. The Balaban J connectivity index is 0.970. The van der Waals surface area contributed by atoms with E-state index in [1.54, 1.807) is 36.4 Å². The summed E-state index contributed by atoms with van der Waals surface area (Å²) in [5, 5.41) is 24.2. The van der Waals surface area contributed by atoms with Crippen LogP contribution in [0.15, 0.2) is 94.7 Å². The molecule has 64 heavy (non-hydrogen) atoms. The molecule has 2 aliphatic rings. The van der Waals surface area contributed by atoms with Crippen molar-refractivity contribution >= 4 is 31.0 Å². The van der Waals surface area contributed by atoms with Crippen LogP contribution in [0.4, 0.5) is 11.4 Å². The summed E-state index contributed by atoms with van der Waals surface area (Å²) in [6, 6.07) is 24.6. The summed E-state index contributed by atoms with van der Waals surface area (Å²) in [5.74, 6) is -0.137. The van der Waals surface area contributed by atoms with E-state index in [0.717, 1.165) is 36.8 Å². The highest BCUT2D eigenvalue weighted by molar-refractivity contribution is 7.91. The summed E-state index contributed by atoms with van der Waals surface area (Å²) in [7, 11) is -7.36. The van der Waals surface area contributed by atoms with Gasteiger partial charge in [0.05, 0.1) is 59.9 Å². The summed E-state index contributed by atoms with van der Waals surface area (Å²) in [4.78, 5) is 0.457. The fraction of sp³-hybridized carbons (Fsp3) is 0.520. The van der Waals surface area contributed by atoms with E-state index < -0.39 is 54.5 Å². The van der Waals surface area contributed by atoms with Gasteiger partial charge in [-0.3, -0.25) is 0 Å². The van der Waals surface area contributed by atoms with Gasteiger partial charge in [-0.15, -0.1) is 0 Å². The van der Waals surface area contributed by atoms with Crippen molar-refractivity contribution < 1.29 is 46.0 Å². The Morgan fingerprint density at radius 3 is 1.25 bits per heavy atom. The summed E-state index contributed by atoms with van der Waals surface area (Å²) >= 11 is 0. The molecule has 0 spiro atoms. The van der Waals surface area contributed by atoms with Crippen LogP contribution >= 0.6 is 0 Å². The van der Waals surface area contributed by atoms with Crippen molar-refractivity contribution in [3.05, 3.63) is 107 Å². The van der Waals surface area contributed by atoms with Gasteiger partial charge in [0.2, 0.25) is 0 Å². The number of nitrogen functional groups attached to an aromatic ring is 2. The third-order valence-electron chi connectivity index (χ3n) is 13.6. The first kappa shape index (κ1) is 49.3. The van der Waals surface area contributed by atoms with E-state index in [1.807, 2.05) is 62.4 Å². The zero-order valence-electron chi connectivity index (χ0n) is 37.8. The molecule has 0 aromatic heterocycles. The first-order valence-electron chi connectivity index (χ1n) is 22.9. The van der Waals surface area contributed by atoms with E-state index >= 15 is 0 Å². The molecule has 0 radical (unpaired) electrons. The van der Waals surface area contributed by atoms with Crippen LogP contribution in [0.5, 0.6) is 11.5 Å². The number of benzene rings is 4. The Kier molecular flexibility index (Phi) is 16.5. The number of hydrogen-bond acceptors (Lipinski definition) is 12. The lowest BCUT2D eigenvalue weighted by Gasteiger charge is -2.39. The fourth-order valence-electron chi connectivity index (χ4n) is 9.82. The molecular formula is C50H68N2O10S2. The second-order valence-corrected chi connectivity index (χ2v) is 21.6. The lowest BCUT2D eigenvalue weighted by Crippen LogP contribution is -2.42. The predicted molar refractivity (Wildman–Crippen MR) is 252 cm³/mol. The molecule has 4 aromatic rings. The summed E-state index contributed by atoms with van der Waals surface area (Å²) in [6.07, 6.45) is 3.84. The molecule has 0 saturated heterocycles. The third kappa shape index (κ3) is 10.9. The molecule has 12 nitrogen and oxygen atoms in total. The third-order valence-corrected chi connectivity index (χ3v) is 17.6. The van der Waals surface area contributed by atoms with E-state index in [4.69, 9.17) is 30.4 Å². The van der Waals surface area contributed by atoms with E-state index in [1.165, 1.54) is 0 Å². The molecule has 14 heteroatoms. The molecule has 0 unspecified atom stereocenters. The molecule has 0 aliphatic carbocycles. The minimum absolute atomic E-state index is 0.112. The van der Waals surface area contributed by atoms with Gasteiger partial charge in [0.25, 0.3) is 0 Å². The number of sulfone groups is 2. The van der Waals surface area contributed by atoms with Gasteiger partial charge in [-0.25, -0.2) is 16.8 Å². The monoisotopic (exact) mass is 920 g/mol. The maximum atomic E-state index is 13.8. The first-order valence-corrected chi connectivity index (χ1v) is 26.2. The highest BCUT2D eigenvalue weighted by atomic mass is 32.2. The molecule has 0 amide bonds. The maximum absolute atomic E-state index is 13.8. The van der Waals surface area contributed by atoms with Crippen molar-refractivity contribution in [2.45, 2.75) is 113 Å². The number of anilines is 2. The molecule has 6 rings (SSSR count). The van der Waals surface area contributed by atoms with Crippen LogP contribution in [0, 0.1) is 10.8 Å². The zero-order valence-corrected chi connectivity index (χ0v) is 39.5. The van der Waals surface area contributed by atoms with Crippen LogP contribution in [0.1, 0.15) is 113 Å². The van der Waals surface area contributed by atoms with Crippen molar-refractivity contribution in [3.8, 4) is 11.5 Å². The van der Waals surface area contributed by atoms with Gasteiger partial charge in [0, 0.05) is 34.0 Å². The second-order valence-electron chi connectivity index (χ2n) is 17.7. The zero-order chi connectivity index (χ0) is 46.1. The molecular weight excluding hydrogens is 853 g/mol. The SMILES string of the molecule is CCCC[C@@]1(CC)CS(=O)(=O)c2ccc(N)cc2[C@H](c2ccc(OCCOCCOCCOc3ccc([C@@H]4c5cc(N)ccc5S(=O)(=O)C[C@@](CC)(CCCC)[C@H]4O)cc3)cc2)[C@H]1O. The van der Waals surface area contributed by atoms with Gasteiger partial charge in [-0.2, -0.15) is 0 Å². The number of unbranched alkanes of at least 4 members (excludes halogenated alkanes) is 2. The molecule has 6 N–H and O–H groups in total. The Morgan fingerprint density at radius 2 is 0.906 bits per heavy atom. The second kappa shape index (κ2) is 21.4. The lowest BCUT2D eigenvalue weighted by molar-refractivity contribution is 0.0173. The maximum Gasteiger partial charge on any atom is 0.179 e. The van der Waals surface area contributed by atoms with E-state index in [-0.39, 0.29) is 21.3 Å². The highest BCUT2D eigenvalue weighted by Gasteiger charge is 2.50. The molecule has 0 bridgehead atoms. The van der Waals surface area contributed by atoms with Crippen molar-refractivity contribution in [2.24, 2.45) is 10.8 Å². The average molecular weight is 921 g/mol. The van der Waals surface area contributed by atoms with Gasteiger partial charge in [0.15, 0.2) is 19.7 Å². The predicted octanol–water partition coefficient (Wildman–Crippen LogP) is 8.08. The van der Waals surface area contributed by atoms with Crippen molar-refractivity contribution in [1.29, 1.82) is 0 Å². The smallest absolute Gasteiger partial charge is 0.179 e. The number of fused-ring (bicyclic) bond motifs is 2. The van der Waals surface area contributed by atoms with Crippen LogP contribution in [-0.4, -0.2) is 90.4 Å². The fourth-order valence-corrected chi connectivity index (χ4v) is 14.3. The largest absolute Gasteiger partial charge is 0.491 e. The van der Waals surface area contributed by atoms with Crippen molar-refractivity contribution in [3.63, 3.8) is 0 Å². The number of aliphatic hydroxyl groups is 2. The van der Waals surface area contributed by atoms with Gasteiger partial charge < -0.3 is 40.6 Å². The van der Waals surface area contributed by atoms with E-state index in [0.29, 0.717) is 99.3 Å². The normalized spacial score (nSPS) is 24.8. The molecule has 0 fully saturated rings. The van der Waals surface area contributed by atoms with Crippen molar-refractivity contribution in [1.82, 2.24) is 0 Å². The van der Waals surface area contributed by atoms with Crippen LogP contribution in [0.25, 0.3) is 0 Å². The molecule has 4 aromatic carbocycles. The van der Waals surface area contributed by atoms with Gasteiger partial charge in [0.1, 0.15) is 24.7 Å².